The lowest BCUT2D eigenvalue weighted by molar-refractivity contribution is 0.204. The SMILES string of the molecule is COCCN(c1cnnc(Cl)n1)C1CC1. The van der Waals surface area contributed by atoms with E-state index in [0.717, 1.165) is 12.4 Å². The number of halogens is 1. The number of hydrogen-bond acceptors (Lipinski definition) is 5. The van der Waals surface area contributed by atoms with Gasteiger partial charge in [0.25, 0.3) is 0 Å². The lowest BCUT2D eigenvalue weighted by atomic mass is 10.4. The van der Waals surface area contributed by atoms with Crippen molar-refractivity contribution in [3.63, 3.8) is 0 Å². The van der Waals surface area contributed by atoms with Gasteiger partial charge in [0.1, 0.15) is 0 Å². The van der Waals surface area contributed by atoms with E-state index in [1.807, 2.05) is 0 Å². The van der Waals surface area contributed by atoms with Crippen molar-refractivity contribution in [1.29, 1.82) is 0 Å². The number of aromatic nitrogens is 3. The monoisotopic (exact) mass is 228 g/mol. The molecule has 0 aromatic carbocycles. The summed E-state index contributed by atoms with van der Waals surface area (Å²) in [4.78, 5) is 6.32. The average molecular weight is 229 g/mol. The quantitative estimate of drug-likeness (QED) is 0.757. The molecule has 1 aliphatic rings. The van der Waals surface area contributed by atoms with Gasteiger partial charge >= 0.3 is 0 Å². The van der Waals surface area contributed by atoms with Crippen molar-refractivity contribution in [3.05, 3.63) is 11.5 Å². The van der Waals surface area contributed by atoms with E-state index >= 15 is 0 Å². The van der Waals surface area contributed by atoms with Crippen LogP contribution in [0.4, 0.5) is 5.82 Å². The fourth-order valence-corrected chi connectivity index (χ4v) is 1.60. The zero-order valence-corrected chi connectivity index (χ0v) is 9.31. The smallest absolute Gasteiger partial charge is 0.244 e. The summed E-state index contributed by atoms with van der Waals surface area (Å²) in [5, 5.41) is 7.62. The highest BCUT2D eigenvalue weighted by Gasteiger charge is 2.30. The van der Waals surface area contributed by atoms with Gasteiger partial charge in [0, 0.05) is 19.7 Å². The van der Waals surface area contributed by atoms with Crippen LogP contribution in [0.1, 0.15) is 12.8 Å². The van der Waals surface area contributed by atoms with E-state index in [4.69, 9.17) is 16.3 Å². The van der Waals surface area contributed by atoms with E-state index < -0.39 is 0 Å². The Bertz CT molecular complexity index is 332. The Kier molecular flexibility index (Phi) is 3.33. The second-order valence-electron chi connectivity index (χ2n) is 3.50. The molecule has 1 heterocycles. The maximum Gasteiger partial charge on any atom is 0.244 e. The van der Waals surface area contributed by atoms with Crippen LogP contribution in [0, 0.1) is 0 Å². The molecule has 1 fully saturated rings. The largest absolute Gasteiger partial charge is 0.383 e. The second-order valence-corrected chi connectivity index (χ2v) is 3.84. The van der Waals surface area contributed by atoms with Crippen LogP contribution in [0.15, 0.2) is 6.20 Å². The maximum absolute atomic E-state index is 5.71. The highest BCUT2D eigenvalue weighted by Crippen LogP contribution is 2.30. The van der Waals surface area contributed by atoms with Crippen LogP contribution in [-0.4, -0.2) is 41.5 Å². The number of anilines is 1. The van der Waals surface area contributed by atoms with E-state index in [1.54, 1.807) is 13.3 Å². The van der Waals surface area contributed by atoms with Gasteiger partial charge in [-0.2, -0.15) is 10.1 Å². The molecule has 0 N–H and O–H groups in total. The minimum atomic E-state index is 0.190. The topological polar surface area (TPSA) is 51.1 Å². The minimum Gasteiger partial charge on any atom is -0.383 e. The summed E-state index contributed by atoms with van der Waals surface area (Å²) in [5.41, 5.74) is 0. The highest BCUT2D eigenvalue weighted by molar-refractivity contribution is 6.28. The predicted octanol–water partition coefficient (Wildman–Crippen LogP) is 1.14. The zero-order valence-electron chi connectivity index (χ0n) is 8.56. The Hall–Kier alpha value is -0.940. The van der Waals surface area contributed by atoms with Crippen LogP contribution >= 0.6 is 11.6 Å². The molecule has 1 aromatic heterocycles. The summed E-state index contributed by atoms with van der Waals surface area (Å²) < 4.78 is 5.06. The molecule has 0 radical (unpaired) electrons. The number of methoxy groups -OCH3 is 1. The van der Waals surface area contributed by atoms with Crippen molar-refractivity contribution < 1.29 is 4.74 Å². The molecule has 0 bridgehead atoms. The van der Waals surface area contributed by atoms with Gasteiger partial charge in [0.05, 0.1) is 12.8 Å². The summed E-state index contributed by atoms with van der Waals surface area (Å²) >= 11 is 5.71. The molecule has 6 heteroatoms. The van der Waals surface area contributed by atoms with Crippen LogP contribution in [0.2, 0.25) is 5.28 Å². The molecule has 0 atom stereocenters. The van der Waals surface area contributed by atoms with Crippen molar-refractivity contribution in [3.8, 4) is 0 Å². The Morgan fingerprint density at radius 1 is 1.60 bits per heavy atom. The lowest BCUT2D eigenvalue weighted by Crippen LogP contribution is -2.30. The number of nitrogens with zero attached hydrogens (tertiary/aromatic N) is 4. The van der Waals surface area contributed by atoms with Crippen LogP contribution in [-0.2, 0) is 4.74 Å². The third-order valence-electron chi connectivity index (χ3n) is 2.34. The van der Waals surface area contributed by atoms with Crippen molar-refractivity contribution >= 4 is 17.4 Å². The van der Waals surface area contributed by atoms with Crippen molar-refractivity contribution in [1.82, 2.24) is 15.2 Å². The van der Waals surface area contributed by atoms with Gasteiger partial charge in [-0.25, -0.2) is 0 Å². The Balaban J connectivity index is 2.09. The summed E-state index contributed by atoms with van der Waals surface area (Å²) in [6.45, 7) is 1.49. The Morgan fingerprint density at radius 3 is 3.00 bits per heavy atom. The summed E-state index contributed by atoms with van der Waals surface area (Å²) in [6.07, 6.45) is 4.04. The molecule has 1 aliphatic carbocycles. The Morgan fingerprint density at radius 2 is 2.40 bits per heavy atom. The van der Waals surface area contributed by atoms with E-state index in [9.17, 15) is 0 Å². The molecule has 0 spiro atoms. The fourth-order valence-electron chi connectivity index (χ4n) is 1.47. The second kappa shape index (κ2) is 4.72. The van der Waals surface area contributed by atoms with Gasteiger partial charge in [-0.3, -0.25) is 0 Å². The first-order valence-corrected chi connectivity index (χ1v) is 5.30. The fraction of sp³-hybridized carbons (Fsp3) is 0.667. The van der Waals surface area contributed by atoms with Crippen molar-refractivity contribution in [2.75, 3.05) is 25.2 Å². The van der Waals surface area contributed by atoms with Crippen LogP contribution < -0.4 is 4.90 Å². The molecule has 15 heavy (non-hydrogen) atoms. The Labute approximate surface area is 93.4 Å². The molecule has 0 unspecified atom stereocenters. The molecule has 0 saturated heterocycles. The standard InChI is InChI=1S/C9H13ClN4O/c1-15-5-4-14(7-2-3-7)8-6-11-13-9(10)12-8/h6-7H,2-5H2,1H3. The lowest BCUT2D eigenvalue weighted by Gasteiger charge is -2.22. The van der Waals surface area contributed by atoms with Crippen molar-refractivity contribution in [2.24, 2.45) is 0 Å². The zero-order chi connectivity index (χ0) is 10.7. The normalized spacial score (nSPS) is 15.3. The molecular formula is C9H13ClN4O. The molecule has 5 nitrogen and oxygen atoms in total. The number of hydrogen-bond donors (Lipinski definition) is 0. The van der Waals surface area contributed by atoms with Gasteiger partial charge in [-0.1, -0.05) is 0 Å². The molecule has 1 aromatic rings. The maximum atomic E-state index is 5.71. The first kappa shape index (κ1) is 10.6. The number of ether oxygens (including phenoxy) is 1. The van der Waals surface area contributed by atoms with E-state index in [-0.39, 0.29) is 5.28 Å². The molecule has 0 amide bonds. The minimum absolute atomic E-state index is 0.190. The third-order valence-corrected chi connectivity index (χ3v) is 2.50. The van der Waals surface area contributed by atoms with Crippen molar-refractivity contribution in [2.45, 2.75) is 18.9 Å². The van der Waals surface area contributed by atoms with Gasteiger partial charge in [-0.05, 0) is 24.4 Å². The third kappa shape index (κ3) is 2.76. The average Bonchev–Trinajstić information content (AvgIpc) is 3.03. The van der Waals surface area contributed by atoms with Gasteiger partial charge in [0.2, 0.25) is 5.28 Å². The van der Waals surface area contributed by atoms with Crippen LogP contribution in [0.25, 0.3) is 0 Å². The molecule has 2 rings (SSSR count). The molecule has 1 saturated carbocycles. The summed E-state index contributed by atoms with van der Waals surface area (Å²) in [5.74, 6) is 0.787. The van der Waals surface area contributed by atoms with E-state index in [2.05, 4.69) is 20.1 Å². The first-order chi connectivity index (χ1) is 7.31. The summed E-state index contributed by atoms with van der Waals surface area (Å²) in [7, 11) is 1.69. The molecule has 0 aliphatic heterocycles. The van der Waals surface area contributed by atoms with Gasteiger partial charge < -0.3 is 9.64 Å². The molecule has 82 valence electrons. The van der Waals surface area contributed by atoms with E-state index in [0.29, 0.717) is 12.6 Å². The summed E-state index contributed by atoms with van der Waals surface area (Å²) in [6, 6.07) is 0.563. The van der Waals surface area contributed by atoms with Gasteiger partial charge in [-0.15, -0.1) is 5.10 Å². The molecular weight excluding hydrogens is 216 g/mol. The van der Waals surface area contributed by atoms with E-state index in [1.165, 1.54) is 12.8 Å². The highest BCUT2D eigenvalue weighted by atomic mass is 35.5. The van der Waals surface area contributed by atoms with Crippen LogP contribution in [0.3, 0.4) is 0 Å². The first-order valence-electron chi connectivity index (χ1n) is 4.92. The van der Waals surface area contributed by atoms with Crippen LogP contribution in [0.5, 0.6) is 0 Å². The van der Waals surface area contributed by atoms with Gasteiger partial charge in [0.15, 0.2) is 5.82 Å². The number of rotatable bonds is 5. The predicted molar refractivity (Wildman–Crippen MR) is 57.1 cm³/mol.